The van der Waals surface area contributed by atoms with Crippen molar-refractivity contribution >= 4 is 46.5 Å². The summed E-state index contributed by atoms with van der Waals surface area (Å²) in [5.74, 6) is -1.87. The summed E-state index contributed by atoms with van der Waals surface area (Å²) >= 11 is 11.6. The molecule has 0 saturated carbocycles. The van der Waals surface area contributed by atoms with E-state index in [-0.39, 0.29) is 26.9 Å². The van der Waals surface area contributed by atoms with Gasteiger partial charge in [-0.3, -0.25) is 14.9 Å². The van der Waals surface area contributed by atoms with Gasteiger partial charge in [0.05, 0.1) is 21.2 Å². The Morgan fingerprint density at radius 1 is 1.04 bits per heavy atom. The molecule has 0 saturated heterocycles. The molecule has 0 aliphatic heterocycles. The molecule has 0 spiro atoms. The fraction of sp³-hybridized carbons (Fsp3) is 0. The van der Waals surface area contributed by atoms with Crippen LogP contribution in [0.5, 0.6) is 0 Å². The normalized spacial score (nSPS) is 10.2. The van der Waals surface area contributed by atoms with Gasteiger partial charge in [0, 0.05) is 11.6 Å². The van der Waals surface area contributed by atoms with E-state index in [9.17, 15) is 19.7 Å². The lowest BCUT2D eigenvalue weighted by atomic mass is 10.1. The van der Waals surface area contributed by atoms with Gasteiger partial charge in [-0.05, 0) is 30.3 Å². The number of halogens is 2. The fourth-order valence-corrected chi connectivity index (χ4v) is 2.09. The van der Waals surface area contributed by atoms with E-state index in [1.807, 2.05) is 0 Å². The van der Waals surface area contributed by atoms with E-state index in [1.165, 1.54) is 30.3 Å². The fourth-order valence-electron chi connectivity index (χ4n) is 1.74. The van der Waals surface area contributed by atoms with Gasteiger partial charge in [-0.15, -0.1) is 0 Å². The maximum absolute atomic E-state index is 12.2. The highest BCUT2D eigenvalue weighted by Gasteiger charge is 2.17. The Morgan fingerprint density at radius 3 is 2.26 bits per heavy atom. The Labute approximate surface area is 139 Å². The van der Waals surface area contributed by atoms with Crippen molar-refractivity contribution in [3.8, 4) is 0 Å². The first-order chi connectivity index (χ1) is 10.8. The number of aromatic carboxylic acids is 1. The number of nitrogens with zero attached hydrogens (tertiary/aromatic N) is 1. The predicted octanol–water partition coefficient (Wildman–Crippen LogP) is 3.85. The van der Waals surface area contributed by atoms with E-state index < -0.39 is 22.5 Å². The number of anilines is 1. The molecule has 0 aliphatic rings. The van der Waals surface area contributed by atoms with Gasteiger partial charge in [0.1, 0.15) is 5.02 Å². The van der Waals surface area contributed by atoms with Crippen molar-refractivity contribution in [3.63, 3.8) is 0 Å². The highest BCUT2D eigenvalue weighted by atomic mass is 35.5. The Hall–Kier alpha value is -2.64. The highest BCUT2D eigenvalue weighted by Crippen LogP contribution is 2.27. The van der Waals surface area contributed by atoms with Crippen molar-refractivity contribution in [1.82, 2.24) is 0 Å². The molecule has 2 rings (SSSR count). The lowest BCUT2D eigenvalue weighted by Crippen LogP contribution is -2.13. The average Bonchev–Trinajstić information content (AvgIpc) is 2.49. The Morgan fingerprint density at radius 2 is 1.65 bits per heavy atom. The zero-order valence-electron chi connectivity index (χ0n) is 11.2. The topological polar surface area (TPSA) is 110 Å². The van der Waals surface area contributed by atoms with Crippen LogP contribution in [0.3, 0.4) is 0 Å². The molecule has 9 heteroatoms. The molecule has 0 bridgehead atoms. The summed E-state index contributed by atoms with van der Waals surface area (Å²) in [7, 11) is 0. The van der Waals surface area contributed by atoms with Crippen LogP contribution in [-0.2, 0) is 0 Å². The van der Waals surface area contributed by atoms with Crippen LogP contribution in [0, 0.1) is 10.1 Å². The van der Waals surface area contributed by atoms with Crippen LogP contribution < -0.4 is 5.32 Å². The van der Waals surface area contributed by atoms with Crippen LogP contribution in [0.4, 0.5) is 11.4 Å². The molecule has 0 unspecified atom stereocenters. The number of carboxylic acid groups (broad SMARTS) is 1. The smallest absolute Gasteiger partial charge is 0.335 e. The molecule has 1 amide bonds. The average molecular weight is 355 g/mol. The molecule has 0 fully saturated rings. The number of hydrogen-bond acceptors (Lipinski definition) is 4. The molecular weight excluding hydrogens is 347 g/mol. The number of nitro benzene ring substituents is 1. The van der Waals surface area contributed by atoms with Gasteiger partial charge in [-0.1, -0.05) is 23.2 Å². The highest BCUT2D eigenvalue weighted by molar-refractivity contribution is 6.34. The molecule has 0 atom stereocenters. The second-order valence-corrected chi connectivity index (χ2v) is 5.19. The Kier molecular flexibility index (Phi) is 4.83. The summed E-state index contributed by atoms with van der Waals surface area (Å²) in [6, 6.07) is 7.35. The van der Waals surface area contributed by atoms with E-state index in [0.717, 1.165) is 6.07 Å². The third-order valence-corrected chi connectivity index (χ3v) is 3.52. The van der Waals surface area contributed by atoms with Gasteiger partial charge in [-0.2, -0.15) is 0 Å². The molecule has 0 aliphatic carbocycles. The van der Waals surface area contributed by atoms with Crippen LogP contribution in [0.1, 0.15) is 20.7 Å². The second-order valence-electron chi connectivity index (χ2n) is 4.38. The standard InChI is InChI=1S/C14H8Cl2N2O5/c15-9-3-2-8(14(20)21)5-11(9)17-13(19)7-1-4-10(16)12(6-7)18(22)23/h1-6H,(H,17,19)(H,20,21). The van der Waals surface area contributed by atoms with Crippen molar-refractivity contribution in [3.05, 3.63) is 67.7 Å². The van der Waals surface area contributed by atoms with Crippen LogP contribution >= 0.6 is 23.2 Å². The van der Waals surface area contributed by atoms with Crippen LogP contribution in [0.2, 0.25) is 10.0 Å². The summed E-state index contributed by atoms with van der Waals surface area (Å²) < 4.78 is 0. The number of benzene rings is 2. The van der Waals surface area contributed by atoms with Crippen LogP contribution in [-0.4, -0.2) is 21.9 Å². The minimum Gasteiger partial charge on any atom is -0.478 e. The molecule has 2 N–H and O–H groups in total. The SMILES string of the molecule is O=C(O)c1ccc(Cl)c(NC(=O)c2ccc(Cl)c([N+](=O)[O-])c2)c1. The number of carboxylic acids is 1. The number of carbonyl (C=O) groups excluding carboxylic acids is 1. The first-order valence-electron chi connectivity index (χ1n) is 6.07. The molecule has 2 aromatic rings. The Bertz CT molecular complexity index is 823. The largest absolute Gasteiger partial charge is 0.478 e. The summed E-state index contributed by atoms with van der Waals surface area (Å²) in [6.07, 6.45) is 0. The van der Waals surface area contributed by atoms with E-state index in [4.69, 9.17) is 28.3 Å². The van der Waals surface area contributed by atoms with Crippen molar-refractivity contribution in [2.45, 2.75) is 0 Å². The maximum atomic E-state index is 12.2. The Balaban J connectivity index is 2.33. The van der Waals surface area contributed by atoms with Crippen LogP contribution in [0.25, 0.3) is 0 Å². The monoisotopic (exact) mass is 354 g/mol. The van der Waals surface area contributed by atoms with Gasteiger partial charge in [0.15, 0.2) is 0 Å². The summed E-state index contributed by atoms with van der Waals surface area (Å²) in [5.41, 5.74) is -0.413. The zero-order valence-corrected chi connectivity index (χ0v) is 12.8. The van der Waals surface area contributed by atoms with Crippen LogP contribution in [0.15, 0.2) is 36.4 Å². The molecular formula is C14H8Cl2N2O5. The van der Waals surface area contributed by atoms with E-state index in [1.54, 1.807) is 0 Å². The number of rotatable bonds is 4. The third-order valence-electron chi connectivity index (χ3n) is 2.87. The molecule has 0 radical (unpaired) electrons. The van der Waals surface area contributed by atoms with Gasteiger partial charge >= 0.3 is 5.97 Å². The molecule has 0 aromatic heterocycles. The van der Waals surface area contributed by atoms with Gasteiger partial charge in [0.2, 0.25) is 0 Å². The number of carbonyl (C=O) groups is 2. The van der Waals surface area contributed by atoms with Gasteiger partial charge in [0.25, 0.3) is 11.6 Å². The number of nitro groups is 1. The third kappa shape index (κ3) is 3.77. The van der Waals surface area contributed by atoms with E-state index >= 15 is 0 Å². The minimum atomic E-state index is -1.18. The van der Waals surface area contributed by atoms with Crippen molar-refractivity contribution in [1.29, 1.82) is 0 Å². The number of nitrogens with one attached hydrogen (secondary N) is 1. The van der Waals surface area contributed by atoms with E-state index in [2.05, 4.69) is 5.32 Å². The molecule has 2 aromatic carbocycles. The summed E-state index contributed by atoms with van der Waals surface area (Å²) in [6.45, 7) is 0. The molecule has 118 valence electrons. The van der Waals surface area contributed by atoms with Gasteiger partial charge < -0.3 is 10.4 Å². The molecule has 7 nitrogen and oxygen atoms in total. The first kappa shape index (κ1) is 16.7. The molecule has 23 heavy (non-hydrogen) atoms. The first-order valence-corrected chi connectivity index (χ1v) is 6.83. The zero-order chi connectivity index (χ0) is 17.1. The minimum absolute atomic E-state index is 0.0158. The van der Waals surface area contributed by atoms with Gasteiger partial charge in [-0.25, -0.2) is 4.79 Å². The number of amides is 1. The summed E-state index contributed by atoms with van der Waals surface area (Å²) in [4.78, 5) is 33.2. The van der Waals surface area contributed by atoms with Crippen molar-refractivity contribution in [2.24, 2.45) is 0 Å². The quantitative estimate of drug-likeness (QED) is 0.639. The van der Waals surface area contributed by atoms with Crippen molar-refractivity contribution < 1.29 is 19.6 Å². The maximum Gasteiger partial charge on any atom is 0.335 e. The second kappa shape index (κ2) is 6.64. The van der Waals surface area contributed by atoms with E-state index in [0.29, 0.717) is 0 Å². The summed E-state index contributed by atoms with van der Waals surface area (Å²) in [5, 5.41) is 22.2. The lowest BCUT2D eigenvalue weighted by molar-refractivity contribution is -0.384. The predicted molar refractivity (Wildman–Crippen MR) is 84.5 cm³/mol. The number of hydrogen-bond donors (Lipinski definition) is 2. The van der Waals surface area contributed by atoms with Crippen molar-refractivity contribution in [2.75, 3.05) is 5.32 Å². The molecule has 0 heterocycles. The lowest BCUT2D eigenvalue weighted by Gasteiger charge is -2.08.